The van der Waals surface area contributed by atoms with Gasteiger partial charge in [0.15, 0.2) is 5.78 Å². The van der Waals surface area contributed by atoms with Crippen LogP contribution in [0.1, 0.15) is 40.9 Å². The van der Waals surface area contributed by atoms with E-state index in [1.807, 2.05) is 30.7 Å². The molecule has 2 aromatic carbocycles. The van der Waals surface area contributed by atoms with Gasteiger partial charge < -0.3 is 9.64 Å². The highest BCUT2D eigenvalue weighted by molar-refractivity contribution is 5.95. The standard InChI is InChI=1S/C28H30N6O2.2ClH/c1-3-26(35)27-25-17-36-28-20(6-4-9-24(28)34(25)18-30-27)10-11-32-12-14-33(15-13-32)23-8-5-7-22-21(23)16-29-19(2)31-22;;/h4-9,16,18H,3,10-15,17H2,1-2H3;2*1H. The van der Waals surface area contributed by atoms with Gasteiger partial charge in [-0.1, -0.05) is 25.1 Å². The molecule has 200 valence electrons. The van der Waals surface area contributed by atoms with Crippen LogP contribution in [0.2, 0.25) is 0 Å². The molecule has 10 heteroatoms. The summed E-state index contributed by atoms with van der Waals surface area (Å²) in [6.45, 7) is 9.10. The first kappa shape index (κ1) is 27.8. The van der Waals surface area contributed by atoms with Crippen LogP contribution >= 0.6 is 24.8 Å². The molecule has 0 radical (unpaired) electrons. The highest BCUT2D eigenvalue weighted by Gasteiger charge is 2.26. The molecule has 0 saturated carbocycles. The lowest BCUT2D eigenvalue weighted by Crippen LogP contribution is -2.47. The van der Waals surface area contributed by atoms with Crippen LogP contribution in [0.3, 0.4) is 0 Å². The second-order valence-corrected chi connectivity index (χ2v) is 9.45. The zero-order chi connectivity index (χ0) is 24.6. The van der Waals surface area contributed by atoms with Crippen molar-refractivity contribution in [3.05, 3.63) is 71.7 Å². The molecule has 1 fully saturated rings. The van der Waals surface area contributed by atoms with E-state index in [4.69, 9.17) is 4.74 Å². The number of para-hydroxylation sites is 1. The SMILES string of the molecule is CCC(=O)c1ncn2c1COc1c(CCN3CCN(c4cccc5nc(C)ncc45)CC3)cccc1-2.Cl.Cl. The fourth-order valence-electron chi connectivity index (χ4n) is 5.28. The van der Waals surface area contributed by atoms with Crippen molar-refractivity contribution in [1.82, 2.24) is 24.4 Å². The van der Waals surface area contributed by atoms with Gasteiger partial charge in [0, 0.05) is 56.4 Å². The monoisotopic (exact) mass is 554 g/mol. The summed E-state index contributed by atoms with van der Waals surface area (Å²) in [6, 6.07) is 12.6. The lowest BCUT2D eigenvalue weighted by molar-refractivity contribution is 0.0980. The lowest BCUT2D eigenvalue weighted by Gasteiger charge is -2.36. The number of hydrogen-bond acceptors (Lipinski definition) is 7. The number of carbonyl (C=O) groups is 1. The second kappa shape index (κ2) is 11.7. The predicted molar refractivity (Wildman–Crippen MR) is 154 cm³/mol. The average molecular weight is 556 g/mol. The van der Waals surface area contributed by atoms with Crippen LogP contribution in [0.5, 0.6) is 5.75 Å². The maximum atomic E-state index is 12.2. The van der Waals surface area contributed by atoms with Crippen molar-refractivity contribution in [3.63, 3.8) is 0 Å². The Morgan fingerprint density at radius 2 is 1.76 bits per heavy atom. The molecule has 2 aliphatic heterocycles. The molecule has 38 heavy (non-hydrogen) atoms. The van der Waals surface area contributed by atoms with E-state index >= 15 is 0 Å². The number of aryl methyl sites for hydroxylation is 1. The summed E-state index contributed by atoms with van der Waals surface area (Å²) in [6.07, 6.45) is 5.06. The van der Waals surface area contributed by atoms with Gasteiger partial charge in [0.05, 0.1) is 16.9 Å². The number of benzene rings is 2. The van der Waals surface area contributed by atoms with Gasteiger partial charge >= 0.3 is 0 Å². The third-order valence-corrected chi connectivity index (χ3v) is 7.27. The minimum Gasteiger partial charge on any atom is -0.485 e. The Bertz CT molecular complexity index is 1450. The summed E-state index contributed by atoms with van der Waals surface area (Å²) in [4.78, 5) is 30.6. The summed E-state index contributed by atoms with van der Waals surface area (Å²) in [5, 5.41) is 1.12. The van der Waals surface area contributed by atoms with Crippen molar-refractivity contribution in [2.45, 2.75) is 33.3 Å². The van der Waals surface area contributed by atoms with Crippen LogP contribution in [0.15, 0.2) is 48.9 Å². The number of ketones is 1. The van der Waals surface area contributed by atoms with Gasteiger partial charge in [0.2, 0.25) is 0 Å². The lowest BCUT2D eigenvalue weighted by atomic mass is 10.1. The van der Waals surface area contributed by atoms with E-state index in [1.54, 1.807) is 6.33 Å². The molecular weight excluding hydrogens is 523 g/mol. The first-order valence-corrected chi connectivity index (χ1v) is 12.7. The van der Waals surface area contributed by atoms with Gasteiger partial charge in [0.25, 0.3) is 0 Å². The van der Waals surface area contributed by atoms with Crippen LogP contribution in [0.4, 0.5) is 5.69 Å². The fraction of sp³-hybridized carbons (Fsp3) is 0.357. The van der Waals surface area contributed by atoms with Gasteiger partial charge in [-0.15, -0.1) is 24.8 Å². The van der Waals surface area contributed by atoms with Crippen LogP contribution in [-0.4, -0.2) is 62.9 Å². The second-order valence-electron chi connectivity index (χ2n) is 9.45. The number of halogens is 2. The van der Waals surface area contributed by atoms with E-state index in [-0.39, 0.29) is 30.6 Å². The van der Waals surface area contributed by atoms with Crippen LogP contribution < -0.4 is 9.64 Å². The highest BCUT2D eigenvalue weighted by atomic mass is 35.5. The molecule has 2 aliphatic rings. The Hall–Kier alpha value is -3.20. The van der Waals surface area contributed by atoms with Crippen molar-refractivity contribution in [2.24, 2.45) is 0 Å². The summed E-state index contributed by atoms with van der Waals surface area (Å²) >= 11 is 0. The smallest absolute Gasteiger partial charge is 0.182 e. The van der Waals surface area contributed by atoms with Gasteiger partial charge in [0.1, 0.15) is 30.2 Å². The van der Waals surface area contributed by atoms with E-state index in [0.29, 0.717) is 18.7 Å². The maximum Gasteiger partial charge on any atom is 0.182 e. The molecule has 4 aromatic rings. The fourth-order valence-corrected chi connectivity index (χ4v) is 5.28. The number of nitrogens with zero attached hydrogens (tertiary/aromatic N) is 6. The molecule has 0 unspecified atom stereocenters. The molecule has 2 aromatic heterocycles. The summed E-state index contributed by atoms with van der Waals surface area (Å²) in [7, 11) is 0. The van der Waals surface area contributed by atoms with E-state index in [1.165, 1.54) is 11.3 Å². The van der Waals surface area contributed by atoms with Crippen molar-refractivity contribution in [2.75, 3.05) is 37.6 Å². The molecule has 0 aliphatic carbocycles. The maximum absolute atomic E-state index is 12.2. The van der Waals surface area contributed by atoms with Gasteiger partial charge in [-0.2, -0.15) is 0 Å². The van der Waals surface area contributed by atoms with Crippen LogP contribution in [0.25, 0.3) is 16.6 Å². The van der Waals surface area contributed by atoms with E-state index < -0.39 is 0 Å². The largest absolute Gasteiger partial charge is 0.485 e. The Balaban J connectivity index is 0.00000168. The minimum atomic E-state index is 0. The quantitative estimate of drug-likeness (QED) is 0.316. The third-order valence-electron chi connectivity index (χ3n) is 7.27. The van der Waals surface area contributed by atoms with Crippen molar-refractivity contribution in [1.29, 1.82) is 0 Å². The van der Waals surface area contributed by atoms with E-state index in [2.05, 4.69) is 55.1 Å². The zero-order valence-electron chi connectivity index (χ0n) is 21.6. The predicted octanol–water partition coefficient (Wildman–Crippen LogP) is 4.82. The molecule has 0 amide bonds. The average Bonchev–Trinajstić information content (AvgIpc) is 3.36. The number of piperazine rings is 1. The number of aromatic nitrogens is 4. The molecule has 8 nitrogen and oxygen atoms in total. The van der Waals surface area contributed by atoms with Crippen molar-refractivity contribution in [3.8, 4) is 11.4 Å². The number of fused-ring (bicyclic) bond motifs is 4. The van der Waals surface area contributed by atoms with E-state index in [9.17, 15) is 4.79 Å². The zero-order valence-corrected chi connectivity index (χ0v) is 23.2. The van der Waals surface area contributed by atoms with Gasteiger partial charge in [-0.05, 0) is 37.1 Å². The number of carbonyl (C=O) groups excluding carboxylic acids is 1. The summed E-state index contributed by atoms with van der Waals surface area (Å²) in [5.74, 6) is 1.76. The van der Waals surface area contributed by atoms with Crippen LogP contribution in [0, 0.1) is 6.92 Å². The summed E-state index contributed by atoms with van der Waals surface area (Å²) in [5.41, 5.74) is 5.75. The number of hydrogen-bond donors (Lipinski definition) is 0. The number of rotatable bonds is 6. The molecule has 6 rings (SSSR count). The number of Topliss-reactive ketones (excluding diaryl/α,β-unsaturated/α-hetero) is 1. The number of ether oxygens (including phenoxy) is 1. The molecule has 0 N–H and O–H groups in total. The Morgan fingerprint density at radius 3 is 2.55 bits per heavy atom. The highest BCUT2D eigenvalue weighted by Crippen LogP contribution is 2.35. The first-order valence-electron chi connectivity index (χ1n) is 12.7. The molecule has 0 bridgehead atoms. The Labute approximate surface area is 234 Å². The van der Waals surface area contributed by atoms with Gasteiger partial charge in [-0.25, -0.2) is 15.0 Å². The Kier molecular flexibility index (Phi) is 8.55. The topological polar surface area (TPSA) is 76.4 Å². The molecule has 1 saturated heterocycles. The van der Waals surface area contributed by atoms with Crippen molar-refractivity contribution >= 4 is 47.2 Å². The molecular formula is C28H32Cl2N6O2. The molecule has 0 spiro atoms. The molecule has 0 atom stereocenters. The van der Waals surface area contributed by atoms with Gasteiger partial charge in [-0.3, -0.25) is 14.3 Å². The van der Waals surface area contributed by atoms with Crippen LogP contribution in [-0.2, 0) is 13.0 Å². The minimum absolute atomic E-state index is 0. The number of anilines is 1. The van der Waals surface area contributed by atoms with E-state index in [0.717, 1.165) is 73.0 Å². The Morgan fingerprint density at radius 1 is 1.00 bits per heavy atom. The number of imidazole rings is 1. The molecule has 4 heterocycles. The van der Waals surface area contributed by atoms with Crippen molar-refractivity contribution < 1.29 is 9.53 Å². The normalized spacial score (nSPS) is 14.6. The third kappa shape index (κ3) is 5.08. The first-order chi connectivity index (χ1) is 17.6. The summed E-state index contributed by atoms with van der Waals surface area (Å²) < 4.78 is 8.20.